The number of nitrogens with zero attached hydrogens (tertiary/aromatic N) is 1. The van der Waals surface area contributed by atoms with Crippen molar-refractivity contribution in [2.75, 3.05) is 19.0 Å². The third-order valence-corrected chi connectivity index (χ3v) is 1.60. The van der Waals surface area contributed by atoms with E-state index < -0.39 is 0 Å². The summed E-state index contributed by atoms with van der Waals surface area (Å²) in [6, 6.07) is 8.36. The van der Waals surface area contributed by atoms with Crippen LogP contribution in [0.4, 0.5) is 5.69 Å². The number of benzene rings is 1. The topological polar surface area (TPSA) is 3.24 Å². The first-order valence-corrected chi connectivity index (χ1v) is 4.95. The zero-order chi connectivity index (χ0) is 9.56. The summed E-state index contributed by atoms with van der Waals surface area (Å²) in [5, 5.41) is 0. The molecule has 2 heteroatoms. The first-order chi connectivity index (χ1) is 5.72. The zero-order valence-corrected chi connectivity index (χ0v) is 9.26. The number of hydrogen-bond donors (Lipinski definition) is 0. The van der Waals surface area contributed by atoms with Crippen LogP contribution in [-0.4, -0.2) is 24.3 Å². The van der Waals surface area contributed by atoms with E-state index in [4.69, 9.17) is 0 Å². The van der Waals surface area contributed by atoms with Crippen molar-refractivity contribution in [2.24, 2.45) is 0 Å². The van der Waals surface area contributed by atoms with Gasteiger partial charge in [-0.25, -0.2) is 0 Å². The van der Waals surface area contributed by atoms with E-state index >= 15 is 0 Å². The second-order valence-electron chi connectivity index (χ2n) is 2.68. The molecule has 1 nitrogen and oxygen atoms in total. The summed E-state index contributed by atoms with van der Waals surface area (Å²) in [6.07, 6.45) is 0. The van der Waals surface area contributed by atoms with Gasteiger partial charge in [0.2, 0.25) is 0 Å². The van der Waals surface area contributed by atoms with Crippen LogP contribution in [0.2, 0.25) is 6.55 Å². The van der Waals surface area contributed by atoms with E-state index in [2.05, 4.69) is 60.4 Å². The normalized spacial score (nSPS) is 8.42. The molecule has 0 aliphatic rings. The van der Waals surface area contributed by atoms with Crippen molar-refractivity contribution in [3.05, 3.63) is 29.8 Å². The van der Waals surface area contributed by atoms with Gasteiger partial charge >= 0.3 is 0 Å². The maximum atomic E-state index is 2.97. The van der Waals surface area contributed by atoms with Gasteiger partial charge in [-0.2, -0.15) is 0 Å². The average Bonchev–Trinajstić information content (AvgIpc) is 2.08. The third kappa shape index (κ3) is 3.09. The predicted octanol–water partition coefficient (Wildman–Crippen LogP) is 2.26. The Morgan fingerprint density at radius 2 is 1.58 bits per heavy atom. The lowest BCUT2D eigenvalue weighted by Crippen LogP contribution is -2.09. The van der Waals surface area contributed by atoms with E-state index in [1.54, 1.807) is 6.55 Å². The van der Waals surface area contributed by atoms with E-state index in [9.17, 15) is 0 Å². The van der Waals surface area contributed by atoms with Crippen molar-refractivity contribution in [3.63, 3.8) is 0 Å². The molecule has 3 radical (unpaired) electrons. The maximum absolute atomic E-state index is 2.97. The molecular weight excluding hydrogens is 162 g/mol. The summed E-state index contributed by atoms with van der Waals surface area (Å²) < 4.78 is 0. The standard InChI is InChI=1S/C9H13N.CH3Si/c1-8-6-4-5-7-9(8)10(2)3;1-2/h4-7H,1-3H3;1H3. The van der Waals surface area contributed by atoms with Crippen LogP contribution in [0, 0.1) is 6.92 Å². The lowest BCUT2D eigenvalue weighted by molar-refractivity contribution is 1.11. The van der Waals surface area contributed by atoms with Crippen LogP contribution in [0.5, 0.6) is 0 Å². The third-order valence-electron chi connectivity index (χ3n) is 1.60. The summed E-state index contributed by atoms with van der Waals surface area (Å²) in [5.41, 5.74) is 2.62. The van der Waals surface area contributed by atoms with Gasteiger partial charge < -0.3 is 4.90 Å². The molecule has 65 valence electrons. The first kappa shape index (κ1) is 11.2. The van der Waals surface area contributed by atoms with Crippen LogP contribution in [0.25, 0.3) is 0 Å². The maximum Gasteiger partial charge on any atom is 0.0390 e. The van der Waals surface area contributed by atoms with E-state index in [1.807, 2.05) is 0 Å². The highest BCUT2D eigenvalue weighted by Gasteiger charge is 1.95. The Labute approximate surface area is 78.8 Å². The molecule has 0 aliphatic heterocycles. The number of hydrogen-bond acceptors (Lipinski definition) is 1. The highest BCUT2D eigenvalue weighted by molar-refractivity contribution is 6.05. The Hall–Kier alpha value is -0.763. The molecule has 0 bridgehead atoms. The fraction of sp³-hybridized carbons (Fsp3) is 0.400. The van der Waals surface area contributed by atoms with Gasteiger partial charge in [-0.1, -0.05) is 24.7 Å². The van der Waals surface area contributed by atoms with E-state index in [-0.39, 0.29) is 0 Å². The van der Waals surface area contributed by atoms with Crippen molar-refractivity contribution in [3.8, 4) is 0 Å². The number of para-hydroxylation sites is 1. The summed E-state index contributed by atoms with van der Waals surface area (Å²) in [6.45, 7) is 3.93. The van der Waals surface area contributed by atoms with Gasteiger partial charge in [0.05, 0.1) is 0 Å². The Balaban J connectivity index is 0.000000561. The largest absolute Gasteiger partial charge is 0.377 e. The zero-order valence-electron chi connectivity index (χ0n) is 8.26. The fourth-order valence-corrected chi connectivity index (χ4v) is 1.07. The van der Waals surface area contributed by atoms with Crippen molar-refractivity contribution in [1.29, 1.82) is 0 Å². The molecule has 0 saturated carbocycles. The number of aryl methyl sites for hydroxylation is 1. The molecule has 0 heterocycles. The molecule has 1 aromatic carbocycles. The average molecular weight is 178 g/mol. The van der Waals surface area contributed by atoms with E-state index in [0.717, 1.165) is 0 Å². The summed E-state index contributed by atoms with van der Waals surface area (Å²) >= 11 is 0. The molecule has 0 aliphatic carbocycles. The van der Waals surface area contributed by atoms with Gasteiger partial charge in [0.15, 0.2) is 0 Å². The Kier molecular flexibility index (Phi) is 5.46. The fourth-order valence-electron chi connectivity index (χ4n) is 1.07. The smallest absolute Gasteiger partial charge is 0.0390 e. The van der Waals surface area contributed by atoms with Crippen LogP contribution >= 0.6 is 0 Å². The monoisotopic (exact) mass is 178 g/mol. The molecule has 1 rings (SSSR count). The predicted molar refractivity (Wildman–Crippen MR) is 57.1 cm³/mol. The summed E-state index contributed by atoms with van der Waals surface area (Å²) in [5.74, 6) is 0. The molecule has 0 unspecified atom stereocenters. The molecule has 12 heavy (non-hydrogen) atoms. The molecule has 0 aromatic heterocycles. The van der Waals surface area contributed by atoms with Crippen LogP contribution in [0.1, 0.15) is 5.56 Å². The van der Waals surface area contributed by atoms with Gasteiger partial charge in [-0.3, -0.25) is 0 Å². The van der Waals surface area contributed by atoms with Crippen molar-refractivity contribution < 1.29 is 0 Å². The molecule has 0 N–H and O–H groups in total. The Morgan fingerprint density at radius 3 is 1.92 bits per heavy atom. The first-order valence-electron chi connectivity index (χ1n) is 3.95. The Bertz CT molecular complexity index is 221. The van der Waals surface area contributed by atoms with Crippen molar-refractivity contribution in [1.82, 2.24) is 0 Å². The van der Waals surface area contributed by atoms with Crippen molar-refractivity contribution in [2.45, 2.75) is 13.5 Å². The Morgan fingerprint density at radius 1 is 1.08 bits per heavy atom. The quantitative estimate of drug-likeness (QED) is 0.596. The number of anilines is 1. The molecule has 0 amide bonds. The molecular formula is C10H16NSi. The molecule has 0 spiro atoms. The van der Waals surface area contributed by atoms with Crippen LogP contribution in [-0.2, 0) is 0 Å². The minimum Gasteiger partial charge on any atom is -0.377 e. The minimum absolute atomic E-state index is 1.29. The lowest BCUT2D eigenvalue weighted by Gasteiger charge is -2.14. The molecule has 0 atom stereocenters. The van der Waals surface area contributed by atoms with E-state index in [1.165, 1.54) is 11.3 Å². The second-order valence-corrected chi connectivity index (χ2v) is 2.68. The van der Waals surface area contributed by atoms with Crippen molar-refractivity contribution >= 4 is 15.9 Å². The summed E-state index contributed by atoms with van der Waals surface area (Å²) in [7, 11) is 7.09. The van der Waals surface area contributed by atoms with Crippen LogP contribution < -0.4 is 4.90 Å². The summed E-state index contributed by atoms with van der Waals surface area (Å²) in [4.78, 5) is 2.12. The van der Waals surface area contributed by atoms with Crippen LogP contribution in [0.3, 0.4) is 0 Å². The molecule has 0 fully saturated rings. The van der Waals surface area contributed by atoms with E-state index in [0.29, 0.717) is 0 Å². The highest BCUT2D eigenvalue weighted by Crippen LogP contribution is 2.15. The lowest BCUT2D eigenvalue weighted by atomic mass is 10.2. The molecule has 0 saturated heterocycles. The van der Waals surface area contributed by atoms with Gasteiger partial charge in [-0.15, -0.1) is 0 Å². The molecule has 1 aromatic rings. The van der Waals surface area contributed by atoms with Crippen LogP contribution in [0.15, 0.2) is 24.3 Å². The van der Waals surface area contributed by atoms with Gasteiger partial charge in [0.25, 0.3) is 0 Å². The minimum atomic E-state index is 1.29. The highest BCUT2D eigenvalue weighted by atomic mass is 28.1. The second kappa shape index (κ2) is 5.83. The van der Waals surface area contributed by atoms with Gasteiger partial charge in [0, 0.05) is 30.0 Å². The number of rotatable bonds is 1. The SMILES string of the molecule is C[Si].Cc1ccccc1N(C)C. The van der Waals surface area contributed by atoms with Gasteiger partial charge in [0.1, 0.15) is 0 Å². The van der Waals surface area contributed by atoms with Gasteiger partial charge in [-0.05, 0) is 18.6 Å².